The van der Waals surface area contributed by atoms with E-state index < -0.39 is 0 Å². The third-order valence-electron chi connectivity index (χ3n) is 4.92. The second-order valence-corrected chi connectivity index (χ2v) is 6.39. The van der Waals surface area contributed by atoms with E-state index in [-0.39, 0.29) is 5.91 Å². The Kier molecular flexibility index (Phi) is 3.87. The average molecular weight is 310 g/mol. The van der Waals surface area contributed by atoms with Crippen molar-refractivity contribution < 1.29 is 4.79 Å². The minimum absolute atomic E-state index is 0.0303. The summed E-state index contributed by atoms with van der Waals surface area (Å²) in [6, 6.07) is 8.31. The fourth-order valence-corrected chi connectivity index (χ4v) is 3.67. The van der Waals surface area contributed by atoms with Crippen LogP contribution in [0.2, 0.25) is 0 Å². The number of carbonyl (C=O) groups excluding carboxylic acids is 1. The lowest BCUT2D eigenvalue weighted by Gasteiger charge is -2.16. The number of aromatic amines is 1. The van der Waals surface area contributed by atoms with Gasteiger partial charge in [0.2, 0.25) is 0 Å². The molecule has 5 nitrogen and oxygen atoms in total. The molecule has 0 saturated carbocycles. The smallest absolute Gasteiger partial charge is 0.269 e. The quantitative estimate of drug-likeness (QED) is 0.908. The van der Waals surface area contributed by atoms with Gasteiger partial charge in [0.15, 0.2) is 0 Å². The molecule has 2 aromatic rings. The van der Waals surface area contributed by atoms with Gasteiger partial charge in [0.25, 0.3) is 5.91 Å². The molecule has 0 atom stereocenters. The number of likely N-dealkylation sites (tertiary alicyclic amines) is 1. The summed E-state index contributed by atoms with van der Waals surface area (Å²) in [5.74, 6) is -0.0303. The molecule has 4 rings (SSSR count). The minimum atomic E-state index is -0.0303. The van der Waals surface area contributed by atoms with Crippen molar-refractivity contribution in [2.75, 3.05) is 26.2 Å². The summed E-state index contributed by atoms with van der Waals surface area (Å²) in [5.41, 5.74) is 5.10. The maximum absolute atomic E-state index is 12.5. The lowest BCUT2D eigenvalue weighted by atomic mass is 9.89. The summed E-state index contributed by atoms with van der Waals surface area (Å²) in [6.45, 7) is 3.95. The largest absolute Gasteiger partial charge is 0.349 e. The molecular formula is C18H22N4O. The van der Waals surface area contributed by atoms with E-state index >= 15 is 0 Å². The maximum Gasteiger partial charge on any atom is 0.269 e. The molecule has 0 spiro atoms. The second kappa shape index (κ2) is 6.16. The van der Waals surface area contributed by atoms with Gasteiger partial charge in [-0.2, -0.15) is 5.10 Å². The highest BCUT2D eigenvalue weighted by molar-refractivity contribution is 5.96. The molecule has 2 N–H and O–H groups in total. The molecule has 1 saturated heterocycles. The maximum atomic E-state index is 12.5. The highest BCUT2D eigenvalue weighted by Crippen LogP contribution is 2.33. The van der Waals surface area contributed by atoms with Crippen LogP contribution in [0.4, 0.5) is 0 Å². The number of amides is 1. The van der Waals surface area contributed by atoms with Crippen LogP contribution in [0.5, 0.6) is 0 Å². The van der Waals surface area contributed by atoms with Crippen LogP contribution in [-0.2, 0) is 12.8 Å². The first kappa shape index (κ1) is 14.5. The molecule has 1 aromatic heterocycles. The van der Waals surface area contributed by atoms with E-state index in [0.29, 0.717) is 12.2 Å². The summed E-state index contributed by atoms with van der Waals surface area (Å²) in [5, 5.41) is 10.4. The first-order valence-electron chi connectivity index (χ1n) is 8.49. The van der Waals surface area contributed by atoms with Crippen molar-refractivity contribution in [3.63, 3.8) is 0 Å². The predicted molar refractivity (Wildman–Crippen MR) is 89.4 cm³/mol. The molecule has 2 aliphatic rings. The monoisotopic (exact) mass is 310 g/mol. The molecule has 2 heterocycles. The number of carbonyl (C=O) groups is 1. The number of H-pyrrole nitrogens is 1. The van der Waals surface area contributed by atoms with Crippen LogP contribution < -0.4 is 5.32 Å². The zero-order valence-corrected chi connectivity index (χ0v) is 13.3. The number of fused-ring (bicyclic) bond motifs is 3. The summed E-state index contributed by atoms with van der Waals surface area (Å²) in [4.78, 5) is 14.9. The van der Waals surface area contributed by atoms with Crippen molar-refractivity contribution in [2.24, 2.45) is 0 Å². The molecule has 1 aliphatic heterocycles. The summed E-state index contributed by atoms with van der Waals surface area (Å²) >= 11 is 0. The predicted octanol–water partition coefficient (Wildman–Crippen LogP) is 2.00. The number of hydrogen-bond acceptors (Lipinski definition) is 3. The minimum Gasteiger partial charge on any atom is -0.349 e. The molecule has 0 radical (unpaired) electrons. The Labute approximate surface area is 136 Å². The Morgan fingerprint density at radius 1 is 1.22 bits per heavy atom. The van der Waals surface area contributed by atoms with E-state index in [2.05, 4.69) is 38.6 Å². The van der Waals surface area contributed by atoms with Gasteiger partial charge in [-0.3, -0.25) is 9.89 Å². The van der Waals surface area contributed by atoms with E-state index in [1.54, 1.807) is 0 Å². The average Bonchev–Trinajstić information content (AvgIpc) is 3.24. The number of nitrogens with zero attached hydrogens (tertiary/aromatic N) is 2. The first-order valence-corrected chi connectivity index (χ1v) is 8.49. The molecule has 0 bridgehead atoms. The standard InChI is InChI=1S/C18H22N4O/c23-18(19-9-12-22-10-3-4-11-22)17-15-8-7-13-5-1-2-6-14(13)16(15)20-21-17/h1-2,5-6H,3-4,7-12H2,(H,19,23)(H,20,21). The lowest BCUT2D eigenvalue weighted by molar-refractivity contribution is 0.0944. The SMILES string of the molecule is O=C(NCCN1CCCC1)c1[nH]nc2c1CCc1ccccc1-2. The van der Waals surface area contributed by atoms with Gasteiger partial charge in [-0.15, -0.1) is 0 Å². The Morgan fingerprint density at radius 2 is 2.04 bits per heavy atom. The molecule has 1 aliphatic carbocycles. The Bertz CT molecular complexity index is 716. The van der Waals surface area contributed by atoms with Crippen molar-refractivity contribution in [3.05, 3.63) is 41.1 Å². The van der Waals surface area contributed by atoms with Crippen molar-refractivity contribution >= 4 is 5.91 Å². The third kappa shape index (κ3) is 2.77. The molecule has 1 fully saturated rings. The van der Waals surface area contributed by atoms with E-state index in [0.717, 1.165) is 49.3 Å². The van der Waals surface area contributed by atoms with Gasteiger partial charge in [0.1, 0.15) is 5.69 Å². The Hall–Kier alpha value is -2.14. The Balaban J connectivity index is 1.46. The molecule has 5 heteroatoms. The zero-order chi connectivity index (χ0) is 15.6. The third-order valence-corrected chi connectivity index (χ3v) is 4.92. The van der Waals surface area contributed by atoms with E-state index in [4.69, 9.17) is 0 Å². The van der Waals surface area contributed by atoms with Crippen LogP contribution >= 0.6 is 0 Å². The number of aryl methyl sites for hydroxylation is 1. The van der Waals surface area contributed by atoms with Crippen LogP contribution in [0.15, 0.2) is 24.3 Å². The molecule has 120 valence electrons. The number of rotatable bonds is 4. The van der Waals surface area contributed by atoms with Crippen LogP contribution in [0.1, 0.15) is 34.5 Å². The van der Waals surface area contributed by atoms with E-state index in [1.807, 2.05) is 6.07 Å². The van der Waals surface area contributed by atoms with Crippen molar-refractivity contribution in [2.45, 2.75) is 25.7 Å². The van der Waals surface area contributed by atoms with Gasteiger partial charge in [0.05, 0.1) is 5.69 Å². The van der Waals surface area contributed by atoms with Gasteiger partial charge >= 0.3 is 0 Å². The first-order chi connectivity index (χ1) is 11.3. The highest BCUT2D eigenvalue weighted by Gasteiger charge is 2.24. The number of benzene rings is 1. The van der Waals surface area contributed by atoms with Crippen LogP contribution in [0.3, 0.4) is 0 Å². The van der Waals surface area contributed by atoms with Gasteiger partial charge in [-0.05, 0) is 44.3 Å². The van der Waals surface area contributed by atoms with Crippen LogP contribution in [0, 0.1) is 0 Å². The van der Waals surface area contributed by atoms with Gasteiger partial charge in [-0.25, -0.2) is 0 Å². The van der Waals surface area contributed by atoms with Crippen molar-refractivity contribution in [1.29, 1.82) is 0 Å². The normalized spacial score (nSPS) is 16.9. The molecular weight excluding hydrogens is 288 g/mol. The van der Waals surface area contributed by atoms with Gasteiger partial charge < -0.3 is 10.2 Å². The zero-order valence-electron chi connectivity index (χ0n) is 13.3. The number of aromatic nitrogens is 2. The molecule has 23 heavy (non-hydrogen) atoms. The fraction of sp³-hybridized carbons (Fsp3) is 0.444. The molecule has 1 amide bonds. The van der Waals surface area contributed by atoms with Crippen LogP contribution in [0.25, 0.3) is 11.3 Å². The van der Waals surface area contributed by atoms with E-state index in [9.17, 15) is 4.79 Å². The molecule has 1 aromatic carbocycles. The van der Waals surface area contributed by atoms with Gasteiger partial charge in [-0.1, -0.05) is 24.3 Å². The summed E-state index contributed by atoms with van der Waals surface area (Å²) in [7, 11) is 0. The Morgan fingerprint density at radius 3 is 2.91 bits per heavy atom. The topological polar surface area (TPSA) is 61.0 Å². The summed E-state index contributed by atoms with van der Waals surface area (Å²) < 4.78 is 0. The number of hydrogen-bond donors (Lipinski definition) is 2. The fourth-order valence-electron chi connectivity index (χ4n) is 3.67. The van der Waals surface area contributed by atoms with E-state index in [1.165, 1.54) is 18.4 Å². The number of nitrogens with one attached hydrogen (secondary N) is 2. The van der Waals surface area contributed by atoms with Crippen molar-refractivity contribution in [3.8, 4) is 11.3 Å². The highest BCUT2D eigenvalue weighted by atomic mass is 16.1. The summed E-state index contributed by atoms with van der Waals surface area (Å²) in [6.07, 6.45) is 4.40. The van der Waals surface area contributed by atoms with Crippen LogP contribution in [-0.4, -0.2) is 47.2 Å². The second-order valence-electron chi connectivity index (χ2n) is 6.39. The lowest BCUT2D eigenvalue weighted by Crippen LogP contribution is -2.34. The van der Waals surface area contributed by atoms with Crippen molar-refractivity contribution in [1.82, 2.24) is 20.4 Å². The van der Waals surface area contributed by atoms with Gasteiger partial charge in [0, 0.05) is 24.2 Å². The molecule has 0 unspecified atom stereocenters.